The Balaban J connectivity index is 1.67. The van der Waals surface area contributed by atoms with E-state index < -0.39 is 0 Å². The molecule has 2 fully saturated rings. The van der Waals surface area contributed by atoms with E-state index in [4.69, 9.17) is 4.74 Å². The molecule has 1 N–H and O–H groups in total. The van der Waals surface area contributed by atoms with Crippen LogP contribution in [0, 0.1) is 11.8 Å². The van der Waals surface area contributed by atoms with Gasteiger partial charge in [0.15, 0.2) is 0 Å². The van der Waals surface area contributed by atoms with Gasteiger partial charge in [-0.15, -0.1) is 0 Å². The number of likely N-dealkylation sites (N-methyl/N-ethyl adjacent to an activating group) is 1. The van der Waals surface area contributed by atoms with Gasteiger partial charge in [0, 0.05) is 31.6 Å². The van der Waals surface area contributed by atoms with Crippen LogP contribution >= 0.6 is 0 Å². The SMILES string of the molecule is CC1OC(C)C(CN(C)CCNC2CC2)C1C. The van der Waals surface area contributed by atoms with Crippen molar-refractivity contribution in [3.05, 3.63) is 0 Å². The molecule has 2 rings (SSSR count). The van der Waals surface area contributed by atoms with Crippen LogP contribution in [0.25, 0.3) is 0 Å². The van der Waals surface area contributed by atoms with Crippen molar-refractivity contribution < 1.29 is 4.74 Å². The van der Waals surface area contributed by atoms with Gasteiger partial charge in [0.05, 0.1) is 12.2 Å². The Morgan fingerprint density at radius 2 is 1.88 bits per heavy atom. The number of ether oxygens (including phenoxy) is 1. The topological polar surface area (TPSA) is 24.5 Å². The van der Waals surface area contributed by atoms with Crippen LogP contribution in [0.2, 0.25) is 0 Å². The van der Waals surface area contributed by atoms with E-state index in [9.17, 15) is 0 Å². The summed E-state index contributed by atoms with van der Waals surface area (Å²) in [5, 5.41) is 3.57. The molecule has 2 aliphatic rings. The fourth-order valence-corrected chi connectivity index (χ4v) is 2.85. The van der Waals surface area contributed by atoms with Crippen LogP contribution in [0.5, 0.6) is 0 Å². The lowest BCUT2D eigenvalue weighted by Gasteiger charge is -2.25. The van der Waals surface area contributed by atoms with E-state index in [-0.39, 0.29) is 0 Å². The van der Waals surface area contributed by atoms with Crippen molar-refractivity contribution in [3.8, 4) is 0 Å². The molecule has 1 heterocycles. The Morgan fingerprint density at radius 1 is 1.18 bits per heavy atom. The first-order chi connectivity index (χ1) is 8.08. The predicted octanol–water partition coefficient (Wildman–Crippen LogP) is 1.73. The number of hydrogen-bond acceptors (Lipinski definition) is 3. The summed E-state index contributed by atoms with van der Waals surface area (Å²) in [6.45, 7) is 10.2. The molecule has 1 saturated heterocycles. The van der Waals surface area contributed by atoms with E-state index in [1.54, 1.807) is 0 Å². The molecular formula is C14H28N2O. The van der Waals surface area contributed by atoms with Crippen LogP contribution in [-0.2, 0) is 4.74 Å². The maximum Gasteiger partial charge on any atom is 0.0594 e. The number of hydrogen-bond donors (Lipinski definition) is 1. The molecule has 3 nitrogen and oxygen atoms in total. The summed E-state index contributed by atoms with van der Waals surface area (Å²) in [5.41, 5.74) is 0. The summed E-state index contributed by atoms with van der Waals surface area (Å²) >= 11 is 0. The van der Waals surface area contributed by atoms with Crippen LogP contribution < -0.4 is 5.32 Å². The smallest absolute Gasteiger partial charge is 0.0594 e. The highest BCUT2D eigenvalue weighted by Crippen LogP contribution is 2.32. The van der Waals surface area contributed by atoms with Crippen LogP contribution in [0.15, 0.2) is 0 Å². The predicted molar refractivity (Wildman–Crippen MR) is 71.2 cm³/mol. The quantitative estimate of drug-likeness (QED) is 0.765. The van der Waals surface area contributed by atoms with Crippen molar-refractivity contribution in [1.29, 1.82) is 0 Å². The normalized spacial score (nSPS) is 37.9. The van der Waals surface area contributed by atoms with Gasteiger partial charge in [0.1, 0.15) is 0 Å². The highest BCUT2D eigenvalue weighted by Gasteiger charge is 2.37. The third-order valence-electron chi connectivity index (χ3n) is 4.47. The van der Waals surface area contributed by atoms with Gasteiger partial charge in [-0.3, -0.25) is 0 Å². The molecule has 17 heavy (non-hydrogen) atoms. The van der Waals surface area contributed by atoms with E-state index in [1.165, 1.54) is 19.4 Å². The summed E-state index contributed by atoms with van der Waals surface area (Å²) in [5.74, 6) is 1.37. The van der Waals surface area contributed by atoms with Gasteiger partial charge in [0.2, 0.25) is 0 Å². The van der Waals surface area contributed by atoms with Crippen LogP contribution in [-0.4, -0.2) is 49.8 Å². The van der Waals surface area contributed by atoms with Gasteiger partial charge >= 0.3 is 0 Å². The second kappa shape index (κ2) is 5.68. The molecule has 4 unspecified atom stereocenters. The highest BCUT2D eigenvalue weighted by atomic mass is 16.5. The molecule has 0 aromatic heterocycles. The fourth-order valence-electron chi connectivity index (χ4n) is 2.85. The van der Waals surface area contributed by atoms with Crippen molar-refractivity contribution in [1.82, 2.24) is 10.2 Å². The molecule has 0 spiro atoms. The zero-order chi connectivity index (χ0) is 12.4. The zero-order valence-electron chi connectivity index (χ0n) is 11.8. The second-order valence-corrected chi connectivity index (χ2v) is 6.06. The van der Waals surface area contributed by atoms with Crippen LogP contribution in [0.3, 0.4) is 0 Å². The van der Waals surface area contributed by atoms with E-state index >= 15 is 0 Å². The second-order valence-electron chi connectivity index (χ2n) is 6.06. The molecule has 100 valence electrons. The van der Waals surface area contributed by atoms with Crippen molar-refractivity contribution in [3.63, 3.8) is 0 Å². The van der Waals surface area contributed by atoms with Crippen molar-refractivity contribution in [2.24, 2.45) is 11.8 Å². The van der Waals surface area contributed by atoms with Crippen molar-refractivity contribution in [2.75, 3.05) is 26.7 Å². The number of nitrogens with zero attached hydrogens (tertiary/aromatic N) is 1. The first-order valence-electron chi connectivity index (χ1n) is 7.15. The van der Waals surface area contributed by atoms with E-state index in [1.807, 2.05) is 0 Å². The first-order valence-corrected chi connectivity index (χ1v) is 7.15. The van der Waals surface area contributed by atoms with Gasteiger partial charge in [-0.1, -0.05) is 6.92 Å². The lowest BCUT2D eigenvalue weighted by Crippen LogP contribution is -2.36. The monoisotopic (exact) mass is 240 g/mol. The molecule has 0 radical (unpaired) electrons. The molecule has 3 heteroatoms. The van der Waals surface area contributed by atoms with Crippen molar-refractivity contribution >= 4 is 0 Å². The molecule has 1 aliphatic carbocycles. The lowest BCUT2D eigenvalue weighted by molar-refractivity contribution is 0.0482. The van der Waals surface area contributed by atoms with Crippen LogP contribution in [0.1, 0.15) is 33.6 Å². The minimum Gasteiger partial charge on any atom is -0.375 e. The number of nitrogens with one attached hydrogen (secondary N) is 1. The summed E-state index contributed by atoms with van der Waals surface area (Å²) in [4.78, 5) is 2.45. The van der Waals surface area contributed by atoms with Crippen molar-refractivity contribution in [2.45, 2.75) is 51.9 Å². The maximum absolute atomic E-state index is 5.90. The Labute approximate surface area is 106 Å². The summed E-state index contributed by atoms with van der Waals surface area (Å²) < 4.78 is 5.90. The summed E-state index contributed by atoms with van der Waals surface area (Å²) in [7, 11) is 2.23. The molecule has 0 bridgehead atoms. The fraction of sp³-hybridized carbons (Fsp3) is 1.00. The maximum atomic E-state index is 5.90. The summed E-state index contributed by atoms with van der Waals surface area (Å²) in [6.07, 6.45) is 3.60. The molecule has 0 aromatic rings. The van der Waals surface area contributed by atoms with Gasteiger partial charge in [-0.2, -0.15) is 0 Å². The number of rotatable bonds is 6. The highest BCUT2D eigenvalue weighted by molar-refractivity contribution is 4.86. The average molecular weight is 240 g/mol. The third kappa shape index (κ3) is 3.67. The summed E-state index contributed by atoms with van der Waals surface area (Å²) in [6, 6.07) is 0.830. The van der Waals surface area contributed by atoms with E-state index in [0.29, 0.717) is 24.0 Å². The standard InChI is InChI=1S/C14H28N2O/c1-10-11(2)17-12(3)14(10)9-16(4)8-7-15-13-5-6-13/h10-15H,5-9H2,1-4H3. The molecule has 0 amide bonds. The molecule has 4 atom stereocenters. The van der Waals surface area contributed by atoms with Gasteiger partial charge in [-0.05, 0) is 39.7 Å². The Morgan fingerprint density at radius 3 is 2.41 bits per heavy atom. The van der Waals surface area contributed by atoms with Gasteiger partial charge in [0.25, 0.3) is 0 Å². The third-order valence-corrected chi connectivity index (χ3v) is 4.47. The lowest BCUT2D eigenvalue weighted by atomic mass is 9.89. The molecule has 1 saturated carbocycles. The Kier molecular flexibility index (Phi) is 4.45. The van der Waals surface area contributed by atoms with Crippen LogP contribution in [0.4, 0.5) is 0 Å². The van der Waals surface area contributed by atoms with E-state index in [0.717, 1.165) is 19.1 Å². The molecule has 0 aromatic carbocycles. The minimum absolute atomic E-state index is 0.416. The van der Waals surface area contributed by atoms with Gasteiger partial charge < -0.3 is 15.0 Å². The van der Waals surface area contributed by atoms with Gasteiger partial charge in [-0.25, -0.2) is 0 Å². The van der Waals surface area contributed by atoms with E-state index in [2.05, 4.69) is 38.0 Å². The minimum atomic E-state index is 0.416. The first kappa shape index (κ1) is 13.3. The zero-order valence-corrected chi connectivity index (χ0v) is 11.8. The Bertz CT molecular complexity index is 242. The average Bonchev–Trinajstić information content (AvgIpc) is 3.04. The largest absolute Gasteiger partial charge is 0.375 e. The molecule has 1 aliphatic heterocycles. The Hall–Kier alpha value is -0.120. The molecular weight excluding hydrogens is 212 g/mol.